The molecule has 0 spiro atoms. The third-order valence-corrected chi connectivity index (χ3v) is 4.02. The number of anilines is 4. The molecule has 3 aromatic rings. The normalized spacial score (nSPS) is 10.6. The lowest BCUT2D eigenvalue weighted by atomic mass is 10.2. The molecule has 0 saturated carbocycles. The molecule has 1 aromatic carbocycles. The van der Waals surface area contributed by atoms with Gasteiger partial charge in [-0.3, -0.25) is 0 Å². The number of aryl methyl sites for hydroxylation is 3. The highest BCUT2D eigenvalue weighted by atomic mass is 79.9. The lowest BCUT2D eigenvalue weighted by molar-refractivity contribution is 0.400. The fourth-order valence-corrected chi connectivity index (χ4v) is 2.42. The molecule has 2 N–H and O–H groups in total. The smallest absolute Gasteiger partial charge is 0.229 e. The van der Waals surface area contributed by atoms with Crippen LogP contribution in [-0.4, -0.2) is 15.1 Å². The molecule has 6 nitrogen and oxygen atoms in total. The predicted octanol–water partition coefficient (Wildman–Crippen LogP) is 4.64. The lowest BCUT2D eigenvalue weighted by Crippen LogP contribution is -2.02. The van der Waals surface area contributed by atoms with Crippen LogP contribution in [0.3, 0.4) is 0 Å². The van der Waals surface area contributed by atoms with Gasteiger partial charge in [-0.05, 0) is 38.5 Å². The van der Waals surface area contributed by atoms with Gasteiger partial charge in [0.25, 0.3) is 0 Å². The van der Waals surface area contributed by atoms with E-state index in [1.165, 1.54) is 5.56 Å². The summed E-state index contributed by atoms with van der Waals surface area (Å²) in [5.41, 5.74) is 2.93. The maximum absolute atomic E-state index is 5.04. The van der Waals surface area contributed by atoms with Crippen molar-refractivity contribution < 1.29 is 4.52 Å². The predicted molar refractivity (Wildman–Crippen MR) is 93.5 cm³/mol. The van der Waals surface area contributed by atoms with E-state index >= 15 is 0 Å². The first kappa shape index (κ1) is 15.5. The second-order valence-electron chi connectivity index (χ2n) is 5.25. The zero-order valence-electron chi connectivity index (χ0n) is 13.0. The molecule has 23 heavy (non-hydrogen) atoms. The van der Waals surface area contributed by atoms with Crippen LogP contribution >= 0.6 is 15.9 Å². The van der Waals surface area contributed by atoms with Crippen LogP contribution in [0, 0.1) is 20.8 Å². The van der Waals surface area contributed by atoms with Crippen molar-refractivity contribution in [1.82, 2.24) is 15.1 Å². The average molecular weight is 374 g/mol. The molecule has 0 aliphatic rings. The Labute approximate surface area is 142 Å². The van der Waals surface area contributed by atoms with Crippen molar-refractivity contribution in [3.63, 3.8) is 0 Å². The minimum Gasteiger partial charge on any atom is -0.360 e. The second kappa shape index (κ2) is 6.37. The van der Waals surface area contributed by atoms with Crippen LogP contribution in [0.1, 0.15) is 17.0 Å². The summed E-state index contributed by atoms with van der Waals surface area (Å²) in [6.45, 7) is 5.79. The summed E-state index contributed by atoms with van der Waals surface area (Å²) in [6, 6.07) is 9.66. The Morgan fingerprint density at radius 2 is 1.78 bits per heavy atom. The van der Waals surface area contributed by atoms with E-state index in [1.54, 1.807) is 0 Å². The zero-order chi connectivity index (χ0) is 16.4. The van der Waals surface area contributed by atoms with Crippen LogP contribution in [0.15, 0.2) is 39.3 Å². The van der Waals surface area contributed by atoms with Crippen molar-refractivity contribution in [2.24, 2.45) is 0 Å². The van der Waals surface area contributed by atoms with E-state index in [0.717, 1.165) is 21.6 Å². The standard InChI is InChI=1S/C16H16BrN5O/c1-9-4-5-12(8-13(9)17)19-16-18-10(2)6-14(21-16)20-15-7-11(3)23-22-15/h4-8H,1-3H3,(H2,18,19,20,21,22). The highest BCUT2D eigenvalue weighted by molar-refractivity contribution is 9.10. The maximum atomic E-state index is 5.04. The fraction of sp³-hybridized carbons (Fsp3) is 0.188. The van der Waals surface area contributed by atoms with Gasteiger partial charge in [-0.1, -0.05) is 27.2 Å². The molecule has 2 aromatic heterocycles. The van der Waals surface area contributed by atoms with Gasteiger partial charge in [-0.25, -0.2) is 4.98 Å². The van der Waals surface area contributed by atoms with Gasteiger partial charge in [0.1, 0.15) is 11.6 Å². The summed E-state index contributed by atoms with van der Waals surface area (Å²) in [7, 11) is 0. The van der Waals surface area contributed by atoms with Crippen molar-refractivity contribution in [1.29, 1.82) is 0 Å². The van der Waals surface area contributed by atoms with E-state index in [9.17, 15) is 0 Å². The van der Waals surface area contributed by atoms with Crippen LogP contribution < -0.4 is 10.6 Å². The number of halogens is 1. The number of nitrogens with one attached hydrogen (secondary N) is 2. The van der Waals surface area contributed by atoms with Crippen LogP contribution in [-0.2, 0) is 0 Å². The van der Waals surface area contributed by atoms with Gasteiger partial charge in [-0.2, -0.15) is 4.98 Å². The number of hydrogen-bond acceptors (Lipinski definition) is 6. The quantitative estimate of drug-likeness (QED) is 0.693. The Morgan fingerprint density at radius 3 is 2.48 bits per heavy atom. The summed E-state index contributed by atoms with van der Waals surface area (Å²) >= 11 is 3.52. The molecule has 0 fully saturated rings. The monoisotopic (exact) mass is 373 g/mol. The van der Waals surface area contributed by atoms with E-state index < -0.39 is 0 Å². The summed E-state index contributed by atoms with van der Waals surface area (Å²) < 4.78 is 6.07. The van der Waals surface area contributed by atoms with Crippen molar-refractivity contribution in [2.75, 3.05) is 10.6 Å². The largest absolute Gasteiger partial charge is 0.360 e. The van der Waals surface area contributed by atoms with E-state index in [4.69, 9.17) is 4.52 Å². The molecule has 0 unspecified atom stereocenters. The van der Waals surface area contributed by atoms with Gasteiger partial charge in [-0.15, -0.1) is 0 Å². The lowest BCUT2D eigenvalue weighted by Gasteiger charge is -2.09. The van der Waals surface area contributed by atoms with Crippen LogP contribution in [0.5, 0.6) is 0 Å². The number of aromatic nitrogens is 3. The van der Waals surface area contributed by atoms with Gasteiger partial charge < -0.3 is 15.2 Å². The zero-order valence-corrected chi connectivity index (χ0v) is 14.6. The van der Waals surface area contributed by atoms with E-state index in [-0.39, 0.29) is 0 Å². The molecule has 118 valence electrons. The Bertz CT molecular complexity index is 846. The number of benzene rings is 1. The van der Waals surface area contributed by atoms with E-state index in [0.29, 0.717) is 17.6 Å². The van der Waals surface area contributed by atoms with Crippen molar-refractivity contribution in [2.45, 2.75) is 20.8 Å². The van der Waals surface area contributed by atoms with Gasteiger partial charge in [0.05, 0.1) is 0 Å². The summed E-state index contributed by atoms with van der Waals surface area (Å²) in [6.07, 6.45) is 0. The third-order valence-electron chi connectivity index (χ3n) is 3.17. The topological polar surface area (TPSA) is 75.9 Å². The van der Waals surface area contributed by atoms with Gasteiger partial charge >= 0.3 is 0 Å². The summed E-state index contributed by atoms with van der Waals surface area (Å²) in [5, 5.41) is 10.2. The number of hydrogen-bond donors (Lipinski definition) is 2. The molecule has 7 heteroatoms. The Balaban J connectivity index is 1.83. The fourth-order valence-electron chi connectivity index (χ4n) is 2.04. The van der Waals surface area contributed by atoms with Crippen molar-refractivity contribution in [3.05, 3.63) is 51.8 Å². The van der Waals surface area contributed by atoms with Gasteiger partial charge in [0.2, 0.25) is 5.95 Å². The van der Waals surface area contributed by atoms with Crippen molar-refractivity contribution >= 4 is 39.2 Å². The third kappa shape index (κ3) is 3.87. The molecule has 0 aliphatic heterocycles. The Morgan fingerprint density at radius 1 is 0.957 bits per heavy atom. The number of rotatable bonds is 4. The molecule has 0 amide bonds. The van der Waals surface area contributed by atoms with Crippen LogP contribution in [0.2, 0.25) is 0 Å². The van der Waals surface area contributed by atoms with E-state index in [1.807, 2.05) is 51.1 Å². The van der Waals surface area contributed by atoms with Gasteiger partial charge in [0.15, 0.2) is 5.82 Å². The molecule has 3 rings (SSSR count). The molecule has 0 aliphatic carbocycles. The van der Waals surface area contributed by atoms with Crippen LogP contribution in [0.4, 0.5) is 23.3 Å². The molecule has 0 bridgehead atoms. The van der Waals surface area contributed by atoms with Crippen LogP contribution in [0.25, 0.3) is 0 Å². The first-order chi connectivity index (χ1) is 11.0. The first-order valence-electron chi connectivity index (χ1n) is 7.09. The second-order valence-corrected chi connectivity index (χ2v) is 6.11. The molecule has 0 saturated heterocycles. The Kier molecular flexibility index (Phi) is 4.29. The SMILES string of the molecule is Cc1cc(Nc2cc(C)on2)nc(Nc2ccc(C)c(Br)c2)n1. The molecular formula is C16H16BrN5O. The first-order valence-corrected chi connectivity index (χ1v) is 7.88. The molecular weight excluding hydrogens is 358 g/mol. The van der Waals surface area contributed by atoms with Crippen molar-refractivity contribution in [3.8, 4) is 0 Å². The minimum atomic E-state index is 0.517. The molecule has 0 radical (unpaired) electrons. The Hall–Kier alpha value is -2.41. The highest BCUT2D eigenvalue weighted by Gasteiger charge is 2.06. The van der Waals surface area contributed by atoms with Gasteiger partial charge in [0, 0.05) is 28.0 Å². The molecule has 0 atom stereocenters. The summed E-state index contributed by atoms with van der Waals surface area (Å²) in [4.78, 5) is 8.86. The minimum absolute atomic E-state index is 0.517. The maximum Gasteiger partial charge on any atom is 0.229 e. The van der Waals surface area contributed by atoms with E-state index in [2.05, 4.69) is 41.7 Å². The number of nitrogens with zero attached hydrogens (tertiary/aromatic N) is 3. The molecule has 2 heterocycles. The average Bonchev–Trinajstić information content (AvgIpc) is 2.87. The highest BCUT2D eigenvalue weighted by Crippen LogP contribution is 2.23. The summed E-state index contributed by atoms with van der Waals surface area (Å²) in [5.74, 6) is 2.52.